The highest BCUT2D eigenvalue weighted by Gasteiger charge is 2.15. The molecule has 0 saturated heterocycles. The Morgan fingerprint density at radius 1 is 1.28 bits per heavy atom. The summed E-state index contributed by atoms with van der Waals surface area (Å²) in [5, 5.41) is 13.0. The smallest absolute Gasteiger partial charge is 0.200 e. The number of benzene rings is 1. The number of methoxy groups -OCH3 is 2. The first kappa shape index (κ1) is 14.2. The summed E-state index contributed by atoms with van der Waals surface area (Å²) in [6.07, 6.45) is 5.40. The van der Waals surface area contributed by atoms with E-state index in [1.165, 1.54) is 14.2 Å². The Labute approximate surface area is 108 Å². The van der Waals surface area contributed by atoms with Gasteiger partial charge in [-0.15, -0.1) is 6.42 Å². The Bertz CT molecular complexity index is 436. The molecule has 0 fully saturated rings. The first-order valence-corrected chi connectivity index (χ1v) is 5.60. The molecule has 2 N–H and O–H groups in total. The Morgan fingerprint density at radius 2 is 1.78 bits per heavy atom. The lowest BCUT2D eigenvalue weighted by Gasteiger charge is -2.20. The molecule has 0 bridgehead atoms. The number of hydrogen-bond donors (Lipinski definition) is 2. The van der Waals surface area contributed by atoms with Gasteiger partial charge in [-0.3, -0.25) is 5.32 Å². The number of phenolic OH excluding ortho intramolecular Hbond substituents is 1. The summed E-state index contributed by atoms with van der Waals surface area (Å²) in [6.45, 7) is 4.40. The maximum absolute atomic E-state index is 9.78. The maximum Gasteiger partial charge on any atom is 0.200 e. The fraction of sp³-hybridized carbons (Fsp3) is 0.429. The average Bonchev–Trinajstić information content (AvgIpc) is 2.37. The van der Waals surface area contributed by atoms with E-state index in [2.05, 4.69) is 11.2 Å². The molecule has 1 rings (SSSR count). The van der Waals surface area contributed by atoms with Crippen molar-refractivity contribution < 1.29 is 14.6 Å². The average molecular weight is 249 g/mol. The molecule has 0 aliphatic carbocycles. The minimum atomic E-state index is -0.391. The molecule has 4 heteroatoms. The molecule has 0 radical (unpaired) electrons. The van der Waals surface area contributed by atoms with E-state index in [0.29, 0.717) is 18.0 Å². The molecular weight excluding hydrogens is 230 g/mol. The third-order valence-corrected chi connectivity index (χ3v) is 2.63. The van der Waals surface area contributed by atoms with E-state index in [0.717, 1.165) is 5.56 Å². The fourth-order valence-corrected chi connectivity index (χ4v) is 1.42. The molecule has 0 atom stereocenters. The Morgan fingerprint density at radius 3 is 2.17 bits per heavy atom. The van der Waals surface area contributed by atoms with E-state index in [1.807, 2.05) is 13.8 Å². The number of nitrogens with one attached hydrogen (secondary N) is 1. The second-order valence-corrected chi connectivity index (χ2v) is 4.47. The largest absolute Gasteiger partial charge is 0.502 e. The van der Waals surface area contributed by atoms with E-state index in [4.69, 9.17) is 15.9 Å². The van der Waals surface area contributed by atoms with Crippen LogP contribution in [0.4, 0.5) is 0 Å². The predicted molar refractivity (Wildman–Crippen MR) is 71.0 cm³/mol. The normalized spacial score (nSPS) is 10.8. The van der Waals surface area contributed by atoms with Crippen LogP contribution >= 0.6 is 0 Å². The number of phenols is 1. The van der Waals surface area contributed by atoms with E-state index in [9.17, 15) is 5.11 Å². The van der Waals surface area contributed by atoms with Gasteiger partial charge in [-0.2, -0.15) is 0 Å². The highest BCUT2D eigenvalue weighted by atomic mass is 16.5. The summed E-state index contributed by atoms with van der Waals surface area (Å²) in [7, 11) is 2.99. The minimum absolute atomic E-state index is 0.0000370. The van der Waals surface area contributed by atoms with Crippen molar-refractivity contribution in [3.8, 4) is 29.6 Å². The van der Waals surface area contributed by atoms with Crippen LogP contribution in [0.25, 0.3) is 0 Å². The van der Waals surface area contributed by atoms with Crippen molar-refractivity contribution >= 4 is 0 Å². The zero-order valence-corrected chi connectivity index (χ0v) is 11.2. The van der Waals surface area contributed by atoms with Crippen molar-refractivity contribution in [1.29, 1.82) is 0 Å². The predicted octanol–water partition coefficient (Wildman–Crippen LogP) is 1.91. The van der Waals surface area contributed by atoms with Crippen molar-refractivity contribution in [2.45, 2.75) is 25.9 Å². The molecule has 0 spiro atoms. The molecule has 98 valence electrons. The van der Waals surface area contributed by atoms with Gasteiger partial charge in [0.05, 0.1) is 19.8 Å². The molecule has 18 heavy (non-hydrogen) atoms. The van der Waals surface area contributed by atoms with Crippen LogP contribution in [-0.2, 0) is 6.54 Å². The van der Waals surface area contributed by atoms with Crippen LogP contribution in [0, 0.1) is 12.3 Å². The van der Waals surface area contributed by atoms with E-state index >= 15 is 0 Å². The molecule has 0 heterocycles. The van der Waals surface area contributed by atoms with Gasteiger partial charge in [0, 0.05) is 6.54 Å². The molecule has 0 aromatic heterocycles. The van der Waals surface area contributed by atoms with Gasteiger partial charge in [-0.25, -0.2) is 0 Å². The van der Waals surface area contributed by atoms with Gasteiger partial charge >= 0.3 is 0 Å². The van der Waals surface area contributed by atoms with Crippen LogP contribution in [0.5, 0.6) is 17.2 Å². The Balaban J connectivity index is 2.94. The van der Waals surface area contributed by atoms with Crippen LogP contribution in [-0.4, -0.2) is 24.9 Å². The van der Waals surface area contributed by atoms with Crippen LogP contribution in [0.15, 0.2) is 12.1 Å². The standard InChI is InChI=1S/C14H19NO3/c1-6-14(2,3)15-9-10-7-11(17-4)13(16)12(8-10)18-5/h1,7-8,15-16H,9H2,2-5H3. The van der Waals surface area contributed by atoms with Crippen molar-refractivity contribution in [2.24, 2.45) is 0 Å². The van der Waals surface area contributed by atoms with Gasteiger partial charge in [0.15, 0.2) is 11.5 Å². The second kappa shape index (κ2) is 5.65. The summed E-state index contributed by atoms with van der Waals surface area (Å²) in [5.41, 5.74) is 0.531. The van der Waals surface area contributed by atoms with E-state index in [-0.39, 0.29) is 5.75 Å². The van der Waals surface area contributed by atoms with Crippen molar-refractivity contribution in [3.63, 3.8) is 0 Å². The first-order chi connectivity index (χ1) is 8.43. The van der Waals surface area contributed by atoms with Crippen LogP contribution < -0.4 is 14.8 Å². The van der Waals surface area contributed by atoms with Crippen LogP contribution in [0.1, 0.15) is 19.4 Å². The van der Waals surface area contributed by atoms with Gasteiger partial charge in [0.2, 0.25) is 5.75 Å². The highest BCUT2D eigenvalue weighted by Crippen LogP contribution is 2.37. The second-order valence-electron chi connectivity index (χ2n) is 4.47. The van der Waals surface area contributed by atoms with Gasteiger partial charge in [-0.05, 0) is 31.5 Å². The quantitative estimate of drug-likeness (QED) is 0.783. The van der Waals surface area contributed by atoms with Gasteiger partial charge in [0.25, 0.3) is 0 Å². The van der Waals surface area contributed by atoms with Gasteiger partial charge < -0.3 is 14.6 Å². The van der Waals surface area contributed by atoms with E-state index < -0.39 is 5.54 Å². The van der Waals surface area contributed by atoms with Gasteiger partial charge in [0.1, 0.15) is 0 Å². The van der Waals surface area contributed by atoms with Gasteiger partial charge in [-0.1, -0.05) is 5.92 Å². The van der Waals surface area contributed by atoms with Crippen LogP contribution in [0.3, 0.4) is 0 Å². The van der Waals surface area contributed by atoms with Crippen molar-refractivity contribution in [2.75, 3.05) is 14.2 Å². The molecule has 0 aliphatic heterocycles. The molecule has 0 aliphatic rings. The van der Waals surface area contributed by atoms with E-state index in [1.54, 1.807) is 12.1 Å². The minimum Gasteiger partial charge on any atom is -0.502 e. The molecule has 4 nitrogen and oxygen atoms in total. The van der Waals surface area contributed by atoms with Crippen molar-refractivity contribution in [1.82, 2.24) is 5.32 Å². The summed E-state index contributed by atoms with van der Waals surface area (Å²) < 4.78 is 10.2. The maximum atomic E-state index is 9.78. The molecule has 0 saturated carbocycles. The number of terminal acetylenes is 1. The molecular formula is C14H19NO3. The third kappa shape index (κ3) is 3.31. The summed E-state index contributed by atoms with van der Waals surface area (Å²) >= 11 is 0. The topological polar surface area (TPSA) is 50.7 Å². The number of rotatable bonds is 5. The highest BCUT2D eigenvalue weighted by molar-refractivity contribution is 5.52. The Kier molecular flexibility index (Phi) is 4.46. The monoisotopic (exact) mass is 249 g/mol. The lowest BCUT2D eigenvalue weighted by molar-refractivity contribution is 0.338. The summed E-state index contributed by atoms with van der Waals surface area (Å²) in [5.74, 6) is 3.42. The molecule has 1 aromatic rings. The van der Waals surface area contributed by atoms with Crippen LogP contribution in [0.2, 0.25) is 0 Å². The SMILES string of the molecule is C#CC(C)(C)NCc1cc(OC)c(O)c(OC)c1. The number of hydrogen-bond acceptors (Lipinski definition) is 4. The zero-order chi connectivity index (χ0) is 13.8. The lowest BCUT2D eigenvalue weighted by atomic mass is 10.1. The summed E-state index contributed by atoms with van der Waals surface area (Å²) in [6, 6.07) is 3.49. The molecule has 1 aromatic carbocycles. The number of aromatic hydroxyl groups is 1. The Hall–Kier alpha value is -1.86. The summed E-state index contributed by atoms with van der Waals surface area (Å²) in [4.78, 5) is 0. The molecule has 0 amide bonds. The number of ether oxygens (including phenoxy) is 2. The first-order valence-electron chi connectivity index (χ1n) is 5.60. The third-order valence-electron chi connectivity index (χ3n) is 2.63. The zero-order valence-electron chi connectivity index (χ0n) is 11.2. The van der Waals surface area contributed by atoms with Crippen molar-refractivity contribution in [3.05, 3.63) is 17.7 Å². The fourth-order valence-electron chi connectivity index (χ4n) is 1.42. The lowest BCUT2D eigenvalue weighted by Crippen LogP contribution is -2.36. The molecule has 0 unspecified atom stereocenters.